The first-order valence-corrected chi connectivity index (χ1v) is 12.6. The second kappa shape index (κ2) is 10.1. The lowest BCUT2D eigenvalue weighted by molar-refractivity contribution is -0.384. The summed E-state index contributed by atoms with van der Waals surface area (Å²) in [6, 6.07) is 8.09. The zero-order chi connectivity index (χ0) is 24.5. The first kappa shape index (κ1) is 25.7. The number of nitro groups is 1. The maximum atomic E-state index is 13.2. The number of thiocarbonyl (C=S) groups is 1. The average molecular weight is 549 g/mol. The minimum Gasteiger partial charge on any atom is -0.351 e. The number of halogens is 2. The highest BCUT2D eigenvalue weighted by molar-refractivity contribution is 8.10. The topological polar surface area (TPSA) is 127 Å². The van der Waals surface area contributed by atoms with Crippen LogP contribution in [0.4, 0.5) is 5.69 Å². The number of hydrogen-bond acceptors (Lipinski definition) is 6. The number of rotatable bonds is 5. The second-order valence-corrected chi connectivity index (χ2v) is 10.8. The van der Waals surface area contributed by atoms with E-state index >= 15 is 0 Å². The molecule has 1 amide bonds. The number of non-ortho nitro benzene ring substituents is 1. The number of benzene rings is 2. The summed E-state index contributed by atoms with van der Waals surface area (Å²) in [5.74, 6) is -0.486. The van der Waals surface area contributed by atoms with Gasteiger partial charge in [0, 0.05) is 31.8 Å². The maximum Gasteiger partial charge on any atom is 0.269 e. The molecular weight excluding hydrogens is 531 g/mol. The van der Waals surface area contributed by atoms with Gasteiger partial charge in [0.2, 0.25) is 10.0 Å². The fourth-order valence-corrected chi connectivity index (χ4v) is 5.48. The lowest BCUT2D eigenvalue weighted by Crippen LogP contribution is -2.56. The van der Waals surface area contributed by atoms with Crippen molar-refractivity contribution < 1.29 is 18.1 Å². The van der Waals surface area contributed by atoms with Crippen LogP contribution >= 0.6 is 48.0 Å². The Hall–Kier alpha value is -1.96. The van der Waals surface area contributed by atoms with Crippen LogP contribution in [0.3, 0.4) is 0 Å². The molecule has 0 spiro atoms. The van der Waals surface area contributed by atoms with Crippen molar-refractivity contribution in [2.24, 2.45) is 5.14 Å². The number of primary sulfonamides is 1. The van der Waals surface area contributed by atoms with Gasteiger partial charge in [-0.3, -0.25) is 14.9 Å². The van der Waals surface area contributed by atoms with Crippen molar-refractivity contribution in [3.05, 3.63) is 67.7 Å². The number of hydrogen-bond donors (Lipinski definition) is 2. The molecule has 176 valence electrons. The molecule has 0 bridgehead atoms. The van der Waals surface area contributed by atoms with Crippen molar-refractivity contribution in [2.75, 3.05) is 19.6 Å². The van der Waals surface area contributed by atoms with Gasteiger partial charge in [0.1, 0.15) is 9.22 Å². The molecule has 1 aliphatic heterocycles. The molecule has 1 fully saturated rings. The molecule has 0 radical (unpaired) electrons. The van der Waals surface area contributed by atoms with E-state index in [1.807, 2.05) is 4.90 Å². The van der Waals surface area contributed by atoms with Gasteiger partial charge in [-0.2, -0.15) is 0 Å². The highest BCUT2D eigenvalue weighted by atomic mass is 35.5. The Morgan fingerprint density at radius 1 is 1.21 bits per heavy atom. The van der Waals surface area contributed by atoms with Gasteiger partial charge in [-0.25, -0.2) is 13.6 Å². The van der Waals surface area contributed by atoms with Crippen LogP contribution in [0.15, 0.2) is 41.3 Å². The Morgan fingerprint density at radius 2 is 1.85 bits per heavy atom. The van der Waals surface area contributed by atoms with Crippen molar-refractivity contribution in [2.45, 2.75) is 17.4 Å². The number of carbonyl (C=O) groups excluding carboxylic acids is 1. The fraction of sp³-hybridized carbons (Fsp3) is 0.263. The summed E-state index contributed by atoms with van der Waals surface area (Å²) in [6.07, 6.45) is 0.444. The quantitative estimate of drug-likeness (QED) is 0.254. The van der Waals surface area contributed by atoms with E-state index in [0.29, 0.717) is 23.8 Å². The van der Waals surface area contributed by atoms with Gasteiger partial charge >= 0.3 is 0 Å². The Labute approximate surface area is 211 Å². The van der Waals surface area contributed by atoms with Crippen molar-refractivity contribution in [3.8, 4) is 0 Å². The number of carbonyl (C=O) groups is 1. The Kier molecular flexibility index (Phi) is 7.87. The van der Waals surface area contributed by atoms with Gasteiger partial charge in [-0.05, 0) is 24.1 Å². The van der Waals surface area contributed by atoms with E-state index in [1.54, 1.807) is 12.1 Å². The highest BCUT2D eigenvalue weighted by Gasteiger charge is 2.32. The Bertz CT molecular complexity index is 1220. The van der Waals surface area contributed by atoms with Crippen molar-refractivity contribution >= 4 is 74.0 Å². The van der Waals surface area contributed by atoms with Crippen molar-refractivity contribution in [1.82, 2.24) is 9.80 Å². The molecule has 1 unspecified atom stereocenters. The van der Waals surface area contributed by atoms with Crippen LogP contribution in [0.2, 0.25) is 10.0 Å². The molecule has 1 atom stereocenters. The third kappa shape index (κ3) is 5.94. The molecule has 2 N–H and O–H groups in total. The molecule has 2 aromatic rings. The SMILES string of the molecule is NS(=O)(=O)c1cc(C(=O)N2CCN(C(=S)S)C(Cc3ccc([N+](=O)[O-])cc3)C2)c(Cl)cc1Cl. The van der Waals surface area contributed by atoms with Crippen molar-refractivity contribution in [3.63, 3.8) is 0 Å². The molecule has 1 aliphatic rings. The monoisotopic (exact) mass is 548 g/mol. The molecule has 0 aliphatic carbocycles. The average Bonchev–Trinajstić information content (AvgIpc) is 2.72. The smallest absolute Gasteiger partial charge is 0.269 e. The van der Waals surface area contributed by atoms with E-state index in [9.17, 15) is 23.3 Å². The molecule has 0 saturated carbocycles. The first-order valence-electron chi connectivity index (χ1n) is 9.42. The normalized spacial score (nSPS) is 16.5. The van der Waals surface area contributed by atoms with E-state index in [4.69, 9.17) is 40.6 Å². The molecule has 9 nitrogen and oxygen atoms in total. The molecule has 33 heavy (non-hydrogen) atoms. The first-order chi connectivity index (χ1) is 15.4. The zero-order valence-electron chi connectivity index (χ0n) is 16.8. The lowest BCUT2D eigenvalue weighted by Gasteiger charge is -2.42. The molecular formula is C19H18Cl2N4O5S3. The largest absolute Gasteiger partial charge is 0.351 e. The minimum atomic E-state index is -4.16. The third-order valence-corrected chi connectivity index (χ3v) is 7.37. The van der Waals surface area contributed by atoms with Crippen LogP contribution in [0.25, 0.3) is 0 Å². The Balaban J connectivity index is 1.87. The summed E-state index contributed by atoms with van der Waals surface area (Å²) in [4.78, 5) is 26.6. The highest BCUT2D eigenvalue weighted by Crippen LogP contribution is 2.30. The number of thiol groups is 1. The third-order valence-electron chi connectivity index (χ3n) is 5.19. The van der Waals surface area contributed by atoms with Crippen LogP contribution in [0.1, 0.15) is 15.9 Å². The standard InChI is InChI=1S/C19H18Cl2N4O5S3/c20-15-9-16(21)17(33(22,29)30)8-14(15)18(26)23-5-6-24(19(31)32)13(10-23)7-11-1-3-12(4-2-11)25(27)28/h1-4,8-9,13H,5-7,10H2,(H,31,32)(H2,22,29,30). The summed E-state index contributed by atoms with van der Waals surface area (Å²) in [5.41, 5.74) is 0.750. The summed E-state index contributed by atoms with van der Waals surface area (Å²) < 4.78 is 24.0. The van der Waals surface area contributed by atoms with Crippen LogP contribution in [-0.2, 0) is 16.4 Å². The lowest BCUT2D eigenvalue weighted by atomic mass is 10.0. The predicted octanol–water partition coefficient (Wildman–Crippen LogP) is 3.13. The van der Waals surface area contributed by atoms with E-state index < -0.39 is 25.7 Å². The summed E-state index contributed by atoms with van der Waals surface area (Å²) in [6.45, 7) is 0.916. The molecule has 1 saturated heterocycles. The van der Waals surface area contributed by atoms with Crippen LogP contribution in [0, 0.1) is 10.1 Å². The Morgan fingerprint density at radius 3 is 2.39 bits per heavy atom. The zero-order valence-corrected chi connectivity index (χ0v) is 20.9. The van der Waals surface area contributed by atoms with Crippen LogP contribution in [0.5, 0.6) is 0 Å². The van der Waals surface area contributed by atoms with Crippen LogP contribution in [-0.4, -0.2) is 59.0 Å². The molecule has 2 aromatic carbocycles. The van der Waals surface area contributed by atoms with E-state index in [0.717, 1.165) is 11.6 Å². The molecule has 1 heterocycles. The van der Waals surface area contributed by atoms with E-state index in [1.165, 1.54) is 23.1 Å². The van der Waals surface area contributed by atoms with Gasteiger partial charge in [-0.1, -0.05) is 47.6 Å². The number of sulfonamides is 1. The van der Waals surface area contributed by atoms with Gasteiger partial charge in [0.05, 0.1) is 26.6 Å². The van der Waals surface area contributed by atoms with Gasteiger partial charge in [0.15, 0.2) is 0 Å². The van der Waals surface area contributed by atoms with Gasteiger partial charge < -0.3 is 9.80 Å². The number of amides is 1. The fourth-order valence-electron chi connectivity index (χ4n) is 3.57. The minimum absolute atomic E-state index is 0.00327. The molecule has 3 rings (SSSR count). The van der Waals surface area contributed by atoms with Crippen LogP contribution < -0.4 is 5.14 Å². The van der Waals surface area contributed by atoms with E-state index in [-0.39, 0.29) is 33.9 Å². The maximum absolute atomic E-state index is 13.2. The second-order valence-electron chi connectivity index (χ2n) is 7.32. The number of nitrogens with zero attached hydrogens (tertiary/aromatic N) is 3. The van der Waals surface area contributed by atoms with Gasteiger partial charge in [-0.15, -0.1) is 12.6 Å². The number of nitrogens with two attached hydrogens (primary N) is 1. The van der Waals surface area contributed by atoms with Gasteiger partial charge in [0.25, 0.3) is 11.6 Å². The summed E-state index contributed by atoms with van der Waals surface area (Å²) in [5, 5.41) is 15.9. The number of nitro benzene ring substituents is 1. The number of piperazine rings is 1. The summed E-state index contributed by atoms with van der Waals surface area (Å²) >= 11 is 21.6. The summed E-state index contributed by atoms with van der Waals surface area (Å²) in [7, 11) is -4.16. The molecule has 14 heteroatoms. The molecule has 0 aromatic heterocycles. The van der Waals surface area contributed by atoms with E-state index in [2.05, 4.69) is 12.6 Å². The predicted molar refractivity (Wildman–Crippen MR) is 133 cm³/mol. The van der Waals surface area contributed by atoms with Crippen molar-refractivity contribution in [1.29, 1.82) is 0 Å².